The number of piperidine rings is 1. The highest BCUT2D eigenvalue weighted by atomic mass is 32.2. The van der Waals surface area contributed by atoms with Gasteiger partial charge in [-0.25, -0.2) is 9.97 Å². The van der Waals surface area contributed by atoms with Gasteiger partial charge in [-0.1, -0.05) is 11.8 Å². The first-order chi connectivity index (χ1) is 13.4. The first kappa shape index (κ1) is 21.5. The minimum Gasteiger partial charge on any atom is -0.388 e. The van der Waals surface area contributed by atoms with Crippen molar-refractivity contribution in [1.82, 2.24) is 19.8 Å². The lowest BCUT2D eigenvalue weighted by atomic mass is 9.90. The Bertz CT molecular complexity index is 663. The van der Waals surface area contributed by atoms with E-state index in [4.69, 9.17) is 4.74 Å². The molecule has 0 unspecified atom stereocenters. The average Bonchev–Trinajstić information content (AvgIpc) is 2.68. The van der Waals surface area contributed by atoms with E-state index >= 15 is 0 Å². The second kappa shape index (κ2) is 9.52. The lowest BCUT2D eigenvalue weighted by molar-refractivity contribution is -0.136. The summed E-state index contributed by atoms with van der Waals surface area (Å²) in [7, 11) is 0. The molecule has 0 saturated carbocycles. The molecule has 2 aliphatic rings. The number of hydrogen-bond donors (Lipinski definition) is 1. The van der Waals surface area contributed by atoms with Crippen LogP contribution >= 0.6 is 11.8 Å². The fourth-order valence-electron chi connectivity index (χ4n) is 4.06. The summed E-state index contributed by atoms with van der Waals surface area (Å²) in [5, 5.41) is 11.7. The number of aliphatic hydroxyl groups is 1. The molecule has 7 nitrogen and oxygen atoms in total. The van der Waals surface area contributed by atoms with Crippen LogP contribution in [0.2, 0.25) is 0 Å². The Hall–Kier alpha value is -1.22. The zero-order chi connectivity index (χ0) is 20.1. The molecule has 8 heteroatoms. The van der Waals surface area contributed by atoms with Gasteiger partial charge < -0.3 is 14.7 Å². The summed E-state index contributed by atoms with van der Waals surface area (Å²) in [6, 6.07) is 0. The normalized spacial score (nSPS) is 20.4. The third-order valence-corrected chi connectivity index (χ3v) is 6.39. The summed E-state index contributed by atoms with van der Waals surface area (Å²) in [5.41, 5.74) is 2.31. The van der Waals surface area contributed by atoms with E-state index in [0.717, 1.165) is 48.4 Å². The van der Waals surface area contributed by atoms with E-state index in [1.54, 1.807) is 0 Å². The standard InChI is InChI=1S/C20H32N4O3S/c1-15-17(16(2)22-19(21-15)28-3)4-5-18(25)24-8-6-20(26,7-9-24)14-23-10-12-27-13-11-23/h26H,4-14H2,1-3H3. The summed E-state index contributed by atoms with van der Waals surface area (Å²) in [6.07, 6.45) is 4.37. The average molecular weight is 409 g/mol. The smallest absolute Gasteiger partial charge is 0.222 e. The van der Waals surface area contributed by atoms with Crippen molar-refractivity contribution in [3.8, 4) is 0 Å². The van der Waals surface area contributed by atoms with E-state index in [1.807, 2.05) is 25.0 Å². The van der Waals surface area contributed by atoms with Gasteiger partial charge in [0.1, 0.15) is 0 Å². The number of nitrogens with zero attached hydrogens (tertiary/aromatic N) is 4. The molecule has 1 aromatic rings. The molecule has 0 bridgehead atoms. The van der Waals surface area contributed by atoms with Crippen LogP contribution < -0.4 is 0 Å². The number of β-amino-alcohol motifs (C(OH)–C–C–N with tert-alkyl or cyclic N) is 1. The summed E-state index contributed by atoms with van der Waals surface area (Å²) < 4.78 is 5.38. The number of carbonyl (C=O) groups is 1. The largest absolute Gasteiger partial charge is 0.388 e. The second-order valence-electron chi connectivity index (χ2n) is 7.85. The highest BCUT2D eigenvalue weighted by molar-refractivity contribution is 7.98. The van der Waals surface area contributed by atoms with Crippen LogP contribution in [0, 0.1) is 13.8 Å². The quantitative estimate of drug-likeness (QED) is 0.563. The van der Waals surface area contributed by atoms with Gasteiger partial charge in [-0.05, 0) is 44.9 Å². The summed E-state index contributed by atoms with van der Waals surface area (Å²) in [6.45, 7) is 9.13. The number of likely N-dealkylation sites (tertiary alicyclic amines) is 1. The fraction of sp³-hybridized carbons (Fsp3) is 0.750. The monoisotopic (exact) mass is 408 g/mol. The van der Waals surface area contributed by atoms with Gasteiger partial charge in [0.05, 0.1) is 18.8 Å². The molecule has 2 saturated heterocycles. The molecular weight excluding hydrogens is 376 g/mol. The summed E-state index contributed by atoms with van der Waals surface area (Å²) in [4.78, 5) is 25.9. The van der Waals surface area contributed by atoms with Crippen LogP contribution in [0.1, 0.15) is 36.2 Å². The number of rotatable bonds is 6. The van der Waals surface area contributed by atoms with Gasteiger partial charge in [-0.3, -0.25) is 9.69 Å². The molecule has 156 valence electrons. The van der Waals surface area contributed by atoms with E-state index in [2.05, 4.69) is 14.9 Å². The number of aromatic nitrogens is 2. The topological polar surface area (TPSA) is 78.8 Å². The molecule has 0 atom stereocenters. The molecule has 1 N–H and O–H groups in total. The molecule has 28 heavy (non-hydrogen) atoms. The lowest BCUT2D eigenvalue weighted by Crippen LogP contribution is -2.53. The van der Waals surface area contributed by atoms with Crippen LogP contribution in [0.15, 0.2) is 5.16 Å². The highest BCUT2D eigenvalue weighted by Gasteiger charge is 2.35. The van der Waals surface area contributed by atoms with Crippen LogP contribution in [0.5, 0.6) is 0 Å². The molecule has 3 heterocycles. The Labute approximate surface area is 171 Å². The minimum absolute atomic E-state index is 0.154. The van der Waals surface area contributed by atoms with Crippen molar-refractivity contribution in [2.24, 2.45) is 0 Å². The summed E-state index contributed by atoms with van der Waals surface area (Å²) >= 11 is 1.53. The van der Waals surface area contributed by atoms with E-state index in [-0.39, 0.29) is 5.91 Å². The number of aryl methyl sites for hydroxylation is 2. The minimum atomic E-state index is -0.692. The maximum Gasteiger partial charge on any atom is 0.222 e. The highest BCUT2D eigenvalue weighted by Crippen LogP contribution is 2.25. The van der Waals surface area contributed by atoms with E-state index in [0.29, 0.717) is 45.3 Å². The maximum absolute atomic E-state index is 12.7. The molecule has 1 amide bonds. The van der Waals surface area contributed by atoms with Gasteiger partial charge in [-0.2, -0.15) is 0 Å². The van der Waals surface area contributed by atoms with Gasteiger partial charge in [0.2, 0.25) is 5.91 Å². The molecule has 2 aliphatic heterocycles. The van der Waals surface area contributed by atoms with Crippen LogP contribution in [0.3, 0.4) is 0 Å². The van der Waals surface area contributed by atoms with E-state index < -0.39 is 5.60 Å². The number of morpholine rings is 1. The molecular formula is C20H32N4O3S. The zero-order valence-corrected chi connectivity index (χ0v) is 18.1. The predicted octanol–water partition coefficient (Wildman–Crippen LogP) is 1.43. The lowest BCUT2D eigenvalue weighted by Gasteiger charge is -2.41. The number of thioether (sulfide) groups is 1. The Balaban J connectivity index is 1.49. The molecule has 0 aromatic carbocycles. The van der Waals surface area contributed by atoms with Crippen LogP contribution in [0.4, 0.5) is 0 Å². The first-order valence-electron chi connectivity index (χ1n) is 10.1. The van der Waals surface area contributed by atoms with Crippen molar-refractivity contribution < 1.29 is 14.6 Å². The first-order valence-corrected chi connectivity index (χ1v) is 11.3. The Morgan fingerprint density at radius 3 is 2.32 bits per heavy atom. The Morgan fingerprint density at radius 1 is 1.14 bits per heavy atom. The predicted molar refractivity (Wildman–Crippen MR) is 110 cm³/mol. The third-order valence-electron chi connectivity index (χ3n) is 5.84. The van der Waals surface area contributed by atoms with Crippen molar-refractivity contribution in [3.63, 3.8) is 0 Å². The van der Waals surface area contributed by atoms with Gasteiger partial charge in [-0.15, -0.1) is 0 Å². The fourth-order valence-corrected chi connectivity index (χ4v) is 4.51. The number of amides is 1. The Morgan fingerprint density at radius 2 is 1.75 bits per heavy atom. The van der Waals surface area contributed by atoms with Crippen LogP contribution in [-0.2, 0) is 16.0 Å². The molecule has 2 fully saturated rings. The molecule has 1 aromatic heterocycles. The van der Waals surface area contributed by atoms with Gasteiger partial charge in [0, 0.05) is 50.5 Å². The van der Waals surface area contributed by atoms with Crippen molar-refractivity contribution in [3.05, 3.63) is 17.0 Å². The van der Waals surface area contributed by atoms with Crippen LogP contribution in [-0.4, -0.2) is 88.6 Å². The maximum atomic E-state index is 12.7. The van der Waals surface area contributed by atoms with Crippen molar-refractivity contribution in [1.29, 1.82) is 0 Å². The zero-order valence-electron chi connectivity index (χ0n) is 17.2. The van der Waals surface area contributed by atoms with Crippen LogP contribution in [0.25, 0.3) is 0 Å². The SMILES string of the molecule is CSc1nc(C)c(CCC(=O)N2CCC(O)(CN3CCOCC3)CC2)c(C)n1. The third kappa shape index (κ3) is 5.43. The van der Waals surface area contributed by atoms with Gasteiger partial charge in [0.25, 0.3) is 0 Å². The number of ether oxygens (including phenoxy) is 1. The molecule has 3 rings (SSSR count). The van der Waals surface area contributed by atoms with Crippen molar-refractivity contribution >= 4 is 17.7 Å². The molecule has 0 spiro atoms. The molecule has 0 radical (unpaired) electrons. The van der Waals surface area contributed by atoms with E-state index in [9.17, 15) is 9.90 Å². The summed E-state index contributed by atoms with van der Waals surface area (Å²) in [5.74, 6) is 0.154. The van der Waals surface area contributed by atoms with Gasteiger partial charge >= 0.3 is 0 Å². The van der Waals surface area contributed by atoms with Gasteiger partial charge in [0.15, 0.2) is 5.16 Å². The Kier molecular flexibility index (Phi) is 7.31. The van der Waals surface area contributed by atoms with Crippen molar-refractivity contribution in [2.45, 2.75) is 50.3 Å². The molecule has 0 aliphatic carbocycles. The number of hydrogen-bond acceptors (Lipinski definition) is 7. The number of carbonyl (C=O) groups excluding carboxylic acids is 1. The van der Waals surface area contributed by atoms with E-state index in [1.165, 1.54) is 11.8 Å². The second-order valence-corrected chi connectivity index (χ2v) is 8.63. The van der Waals surface area contributed by atoms with Crippen molar-refractivity contribution in [2.75, 3.05) is 52.2 Å².